The summed E-state index contributed by atoms with van der Waals surface area (Å²) < 4.78 is 4.91. The molecule has 0 aliphatic heterocycles. The normalized spacial score (nSPS) is 11.2. The maximum absolute atomic E-state index is 11.5. The quantitative estimate of drug-likeness (QED) is 0.553. The maximum Gasteiger partial charge on any atom is 0.330 e. The molecular formula is C20H20N2O2. The first-order chi connectivity index (χ1) is 11.8. The van der Waals surface area contributed by atoms with Gasteiger partial charge in [0.25, 0.3) is 0 Å². The van der Waals surface area contributed by atoms with Gasteiger partial charge < -0.3 is 9.72 Å². The summed E-state index contributed by atoms with van der Waals surface area (Å²) in [6.45, 7) is 2.17. The van der Waals surface area contributed by atoms with E-state index in [4.69, 9.17) is 9.72 Å². The largest absolute Gasteiger partial charge is 0.463 e. The van der Waals surface area contributed by atoms with E-state index in [2.05, 4.69) is 17.1 Å². The highest BCUT2D eigenvalue weighted by Gasteiger charge is 2.06. The highest BCUT2D eigenvalue weighted by Crippen LogP contribution is 2.19. The van der Waals surface area contributed by atoms with Gasteiger partial charge in [0.1, 0.15) is 5.82 Å². The number of aromatic nitrogens is 2. The number of H-pyrrole nitrogens is 1. The molecule has 0 atom stereocenters. The van der Waals surface area contributed by atoms with E-state index < -0.39 is 0 Å². The minimum atomic E-state index is -0.339. The molecule has 4 nitrogen and oxygen atoms in total. The number of fused-ring (bicyclic) bond motifs is 1. The Balaban J connectivity index is 1.78. The minimum absolute atomic E-state index is 0.339. The fourth-order valence-corrected chi connectivity index (χ4v) is 2.61. The molecule has 24 heavy (non-hydrogen) atoms. The lowest BCUT2D eigenvalue weighted by atomic mass is 10.1. The Morgan fingerprint density at radius 1 is 1.12 bits per heavy atom. The second-order valence-corrected chi connectivity index (χ2v) is 5.50. The number of ether oxygens (including phenoxy) is 1. The lowest BCUT2D eigenvalue weighted by molar-refractivity contribution is -0.137. The summed E-state index contributed by atoms with van der Waals surface area (Å²) in [5, 5.41) is 0. The van der Waals surface area contributed by atoms with Crippen molar-refractivity contribution >= 4 is 23.1 Å². The van der Waals surface area contributed by atoms with Crippen LogP contribution in [-0.4, -0.2) is 22.5 Å². The molecule has 0 radical (unpaired) electrons. The van der Waals surface area contributed by atoms with Crippen LogP contribution >= 0.6 is 0 Å². The van der Waals surface area contributed by atoms with Gasteiger partial charge in [0.2, 0.25) is 0 Å². The number of nitrogens with zero attached hydrogens (tertiary/aromatic N) is 1. The van der Waals surface area contributed by atoms with Crippen LogP contribution in [0.25, 0.3) is 17.1 Å². The first-order valence-corrected chi connectivity index (χ1v) is 8.12. The van der Waals surface area contributed by atoms with E-state index >= 15 is 0 Å². The van der Waals surface area contributed by atoms with Crippen LogP contribution in [0.5, 0.6) is 0 Å². The zero-order valence-electron chi connectivity index (χ0n) is 13.7. The van der Waals surface area contributed by atoms with E-state index in [1.54, 1.807) is 13.0 Å². The number of carbonyl (C=O) groups is 1. The van der Waals surface area contributed by atoms with Crippen LogP contribution in [0.2, 0.25) is 0 Å². The molecule has 1 heterocycles. The minimum Gasteiger partial charge on any atom is -0.463 e. The topological polar surface area (TPSA) is 55.0 Å². The second kappa shape index (κ2) is 7.59. The summed E-state index contributed by atoms with van der Waals surface area (Å²) in [5.41, 5.74) is 4.05. The average molecular weight is 320 g/mol. The van der Waals surface area contributed by atoms with Crippen LogP contribution in [0.3, 0.4) is 0 Å². The van der Waals surface area contributed by atoms with Crippen LogP contribution in [0.1, 0.15) is 23.9 Å². The molecule has 0 unspecified atom stereocenters. The molecule has 1 N–H and O–H groups in total. The van der Waals surface area contributed by atoms with Crippen molar-refractivity contribution in [3.63, 3.8) is 0 Å². The Morgan fingerprint density at radius 3 is 2.75 bits per heavy atom. The van der Waals surface area contributed by atoms with Crippen molar-refractivity contribution in [2.75, 3.05) is 6.61 Å². The fraction of sp³-hybridized carbons (Fsp3) is 0.200. The summed E-state index contributed by atoms with van der Waals surface area (Å²) in [5.74, 6) is 0.611. The maximum atomic E-state index is 11.5. The Bertz CT molecular complexity index is 850. The van der Waals surface area contributed by atoms with Crippen LogP contribution in [0.15, 0.2) is 54.6 Å². The van der Waals surface area contributed by atoms with Gasteiger partial charge >= 0.3 is 5.97 Å². The Labute approximate surface area is 141 Å². The number of para-hydroxylation sites is 1. The molecule has 2 aromatic carbocycles. The van der Waals surface area contributed by atoms with Gasteiger partial charge in [-0.05, 0) is 31.1 Å². The van der Waals surface area contributed by atoms with E-state index in [1.807, 2.05) is 36.4 Å². The number of carbonyl (C=O) groups excluding carboxylic acids is 1. The lowest BCUT2D eigenvalue weighted by Gasteiger charge is -1.98. The molecule has 0 spiro atoms. The lowest BCUT2D eigenvalue weighted by Crippen LogP contribution is -1.98. The summed E-state index contributed by atoms with van der Waals surface area (Å²) in [7, 11) is 0. The van der Waals surface area contributed by atoms with Gasteiger partial charge in [-0.2, -0.15) is 0 Å². The number of rotatable bonds is 6. The molecule has 0 fully saturated rings. The van der Waals surface area contributed by atoms with Crippen molar-refractivity contribution in [1.82, 2.24) is 9.97 Å². The Hall–Kier alpha value is -2.88. The molecular weight excluding hydrogens is 300 g/mol. The first-order valence-electron chi connectivity index (χ1n) is 8.12. The van der Waals surface area contributed by atoms with Crippen LogP contribution < -0.4 is 0 Å². The van der Waals surface area contributed by atoms with Crippen LogP contribution in [0, 0.1) is 0 Å². The SMILES string of the molecule is CCOC(=O)/C=C/c1cccc2[nH]c(CCc3ccccc3)nc12. The number of nitrogens with one attached hydrogen (secondary N) is 1. The molecule has 0 amide bonds. The van der Waals surface area contributed by atoms with Crippen molar-refractivity contribution in [3.8, 4) is 0 Å². The smallest absolute Gasteiger partial charge is 0.330 e. The Kier molecular flexibility index (Phi) is 5.06. The highest BCUT2D eigenvalue weighted by atomic mass is 16.5. The molecule has 0 saturated heterocycles. The average Bonchev–Trinajstić information content (AvgIpc) is 3.03. The Morgan fingerprint density at radius 2 is 1.96 bits per heavy atom. The summed E-state index contributed by atoms with van der Waals surface area (Å²) in [6, 6.07) is 16.2. The number of esters is 1. The van der Waals surface area contributed by atoms with E-state index in [0.29, 0.717) is 6.61 Å². The van der Waals surface area contributed by atoms with Gasteiger partial charge in [0.15, 0.2) is 0 Å². The molecule has 3 rings (SSSR count). The number of hydrogen-bond donors (Lipinski definition) is 1. The molecule has 0 bridgehead atoms. The number of aromatic amines is 1. The highest BCUT2D eigenvalue weighted by molar-refractivity contribution is 5.92. The van der Waals surface area contributed by atoms with E-state index in [9.17, 15) is 4.79 Å². The second-order valence-electron chi connectivity index (χ2n) is 5.50. The predicted molar refractivity (Wildman–Crippen MR) is 95.6 cm³/mol. The monoisotopic (exact) mass is 320 g/mol. The zero-order chi connectivity index (χ0) is 16.8. The van der Waals surface area contributed by atoms with Crippen molar-refractivity contribution in [2.24, 2.45) is 0 Å². The van der Waals surface area contributed by atoms with Gasteiger partial charge in [-0.25, -0.2) is 9.78 Å². The number of hydrogen-bond acceptors (Lipinski definition) is 3. The van der Waals surface area contributed by atoms with E-state index in [1.165, 1.54) is 11.6 Å². The van der Waals surface area contributed by atoms with E-state index in [0.717, 1.165) is 35.3 Å². The van der Waals surface area contributed by atoms with Crippen LogP contribution in [0.4, 0.5) is 0 Å². The third kappa shape index (κ3) is 3.90. The predicted octanol–water partition coefficient (Wildman–Crippen LogP) is 3.92. The molecule has 1 aromatic heterocycles. The van der Waals surface area contributed by atoms with Gasteiger partial charge in [0, 0.05) is 18.1 Å². The molecule has 0 saturated carbocycles. The molecule has 4 heteroatoms. The summed E-state index contributed by atoms with van der Waals surface area (Å²) in [6.07, 6.45) is 4.98. The molecule has 0 aliphatic rings. The number of benzene rings is 2. The molecule has 122 valence electrons. The van der Waals surface area contributed by atoms with Gasteiger partial charge in [-0.3, -0.25) is 0 Å². The van der Waals surface area contributed by atoms with Crippen molar-refractivity contribution in [3.05, 3.63) is 71.6 Å². The molecule has 3 aromatic rings. The van der Waals surface area contributed by atoms with Crippen molar-refractivity contribution < 1.29 is 9.53 Å². The van der Waals surface area contributed by atoms with Crippen molar-refractivity contribution in [1.29, 1.82) is 0 Å². The van der Waals surface area contributed by atoms with Crippen molar-refractivity contribution in [2.45, 2.75) is 19.8 Å². The van der Waals surface area contributed by atoms with Crippen LogP contribution in [-0.2, 0) is 22.4 Å². The van der Waals surface area contributed by atoms with E-state index in [-0.39, 0.29) is 5.97 Å². The third-order valence-corrected chi connectivity index (χ3v) is 3.77. The zero-order valence-corrected chi connectivity index (χ0v) is 13.7. The third-order valence-electron chi connectivity index (χ3n) is 3.77. The van der Waals surface area contributed by atoms with Gasteiger partial charge in [-0.1, -0.05) is 42.5 Å². The molecule has 0 aliphatic carbocycles. The standard InChI is InChI=1S/C20H20N2O2/c1-2-24-19(23)14-12-16-9-6-10-17-20(16)22-18(21-17)13-11-15-7-4-3-5-8-15/h3-10,12,14H,2,11,13H2,1H3,(H,21,22)/b14-12+. The fourth-order valence-electron chi connectivity index (χ4n) is 2.61. The van der Waals surface area contributed by atoms with Gasteiger partial charge in [0.05, 0.1) is 17.6 Å². The number of imidazole rings is 1. The summed E-state index contributed by atoms with van der Waals surface area (Å²) in [4.78, 5) is 19.5. The summed E-state index contributed by atoms with van der Waals surface area (Å²) >= 11 is 0. The first kappa shape index (κ1) is 16.0. The van der Waals surface area contributed by atoms with Gasteiger partial charge in [-0.15, -0.1) is 0 Å². The number of aryl methyl sites for hydroxylation is 2.